The molecule has 29 heavy (non-hydrogen) atoms. The van der Waals surface area contributed by atoms with Gasteiger partial charge < -0.3 is 4.90 Å². The first-order chi connectivity index (χ1) is 13.7. The van der Waals surface area contributed by atoms with Crippen LogP contribution < -0.4 is 4.90 Å². The third-order valence-electron chi connectivity index (χ3n) is 6.30. The molecule has 0 aromatic heterocycles. The van der Waals surface area contributed by atoms with Crippen molar-refractivity contribution in [3.8, 4) is 0 Å². The first kappa shape index (κ1) is 20.3. The summed E-state index contributed by atoms with van der Waals surface area (Å²) in [5.41, 5.74) is 1.30. The molecule has 6 heteroatoms. The maximum atomic E-state index is 13.6. The van der Waals surface area contributed by atoms with E-state index in [-0.39, 0.29) is 23.6 Å². The Bertz CT molecular complexity index is 917. The molecule has 3 aliphatic rings. The van der Waals surface area contributed by atoms with Gasteiger partial charge in [-0.05, 0) is 30.2 Å². The van der Waals surface area contributed by atoms with Crippen LogP contribution in [0.4, 0.5) is 5.69 Å². The van der Waals surface area contributed by atoms with Crippen molar-refractivity contribution in [2.45, 2.75) is 52.6 Å². The minimum Gasteiger partial charge on any atom is -0.353 e. The van der Waals surface area contributed by atoms with Crippen molar-refractivity contribution in [3.63, 3.8) is 0 Å². The highest BCUT2D eigenvalue weighted by molar-refractivity contribution is 9.10. The van der Waals surface area contributed by atoms with Gasteiger partial charge in [-0.25, -0.2) is 0 Å². The van der Waals surface area contributed by atoms with Gasteiger partial charge in [0.05, 0.1) is 17.9 Å². The van der Waals surface area contributed by atoms with Crippen LogP contribution >= 0.6 is 15.9 Å². The lowest BCUT2D eigenvalue weighted by Crippen LogP contribution is -2.51. The molecular weight excluding hydrogens is 432 g/mol. The van der Waals surface area contributed by atoms with Gasteiger partial charge in [-0.2, -0.15) is 0 Å². The molecule has 154 valence electrons. The summed E-state index contributed by atoms with van der Waals surface area (Å²) in [6.07, 6.45) is 5.70. The predicted molar refractivity (Wildman–Crippen MR) is 116 cm³/mol. The average molecular weight is 459 g/mol. The Labute approximate surface area is 180 Å². The van der Waals surface area contributed by atoms with Crippen molar-refractivity contribution in [2.24, 2.45) is 17.3 Å². The molecule has 1 aromatic carbocycles. The number of likely N-dealkylation sites (tertiary alicyclic amines) is 1. The minimum atomic E-state index is -0.627. The Morgan fingerprint density at radius 2 is 1.83 bits per heavy atom. The van der Waals surface area contributed by atoms with Gasteiger partial charge in [-0.1, -0.05) is 62.2 Å². The second-order valence-electron chi connectivity index (χ2n) is 9.25. The van der Waals surface area contributed by atoms with E-state index in [2.05, 4.69) is 15.9 Å². The molecule has 2 amide bonds. The lowest BCUT2D eigenvalue weighted by Gasteiger charge is -2.38. The zero-order valence-electron chi connectivity index (χ0n) is 17.3. The number of halogens is 1. The number of imide groups is 1. The number of carbonyl (C=O) groups excluding carboxylic acids is 3. The smallest absolute Gasteiger partial charge is 0.235 e. The van der Waals surface area contributed by atoms with Crippen molar-refractivity contribution < 1.29 is 14.4 Å². The minimum absolute atomic E-state index is 0.0117. The Hall–Kier alpha value is -1.95. The highest BCUT2D eigenvalue weighted by Crippen LogP contribution is 2.50. The molecule has 0 radical (unpaired) electrons. The number of Topliss-reactive ketones (excluding diaryl/α,β-unsaturated/α-hetero) is 1. The number of ketones is 1. The summed E-state index contributed by atoms with van der Waals surface area (Å²) >= 11 is 3.50. The number of amides is 2. The van der Waals surface area contributed by atoms with E-state index in [1.54, 1.807) is 0 Å². The third kappa shape index (κ3) is 3.07. The fourth-order valence-corrected chi connectivity index (χ4v) is 5.26. The number of rotatable bonds is 4. The number of anilines is 1. The summed E-state index contributed by atoms with van der Waals surface area (Å²) in [7, 11) is 0. The Morgan fingerprint density at radius 3 is 2.48 bits per heavy atom. The fourth-order valence-electron chi connectivity index (χ4n) is 4.89. The second-order valence-corrected chi connectivity index (χ2v) is 10.2. The first-order valence-corrected chi connectivity index (χ1v) is 11.1. The van der Waals surface area contributed by atoms with E-state index in [9.17, 15) is 14.4 Å². The largest absolute Gasteiger partial charge is 0.353 e. The number of fused-ring (bicyclic) bond motifs is 5. The summed E-state index contributed by atoms with van der Waals surface area (Å²) in [5, 5.41) is 0. The van der Waals surface area contributed by atoms with Gasteiger partial charge in [0.25, 0.3) is 0 Å². The maximum absolute atomic E-state index is 13.6. The van der Waals surface area contributed by atoms with Gasteiger partial charge in [-0.15, -0.1) is 0 Å². The lowest BCUT2D eigenvalue weighted by molar-refractivity contribution is -0.142. The van der Waals surface area contributed by atoms with Crippen molar-refractivity contribution in [1.82, 2.24) is 4.90 Å². The highest BCUT2D eigenvalue weighted by Gasteiger charge is 2.64. The Morgan fingerprint density at radius 1 is 1.14 bits per heavy atom. The van der Waals surface area contributed by atoms with Crippen molar-refractivity contribution in [3.05, 3.63) is 34.3 Å². The van der Waals surface area contributed by atoms with Crippen LogP contribution in [0.5, 0.6) is 0 Å². The van der Waals surface area contributed by atoms with Gasteiger partial charge in [-0.3, -0.25) is 19.3 Å². The predicted octanol–water partition coefficient (Wildman–Crippen LogP) is 4.05. The van der Waals surface area contributed by atoms with Crippen LogP contribution in [0.15, 0.2) is 28.7 Å². The molecule has 4 atom stereocenters. The van der Waals surface area contributed by atoms with E-state index in [0.717, 1.165) is 28.6 Å². The van der Waals surface area contributed by atoms with Crippen LogP contribution in [0, 0.1) is 17.3 Å². The molecule has 3 heterocycles. The maximum Gasteiger partial charge on any atom is 0.235 e. The quantitative estimate of drug-likeness (QED) is 0.638. The van der Waals surface area contributed by atoms with E-state index >= 15 is 0 Å². The van der Waals surface area contributed by atoms with Crippen LogP contribution in [0.25, 0.3) is 6.08 Å². The normalized spacial score (nSPS) is 27.9. The zero-order chi connectivity index (χ0) is 21.1. The Balaban J connectivity index is 1.83. The van der Waals surface area contributed by atoms with Gasteiger partial charge in [0.2, 0.25) is 11.8 Å². The molecule has 2 fully saturated rings. The van der Waals surface area contributed by atoms with Crippen LogP contribution in [0.1, 0.15) is 46.1 Å². The van der Waals surface area contributed by atoms with E-state index < -0.39 is 23.3 Å². The topological polar surface area (TPSA) is 57.7 Å². The van der Waals surface area contributed by atoms with Gasteiger partial charge in [0, 0.05) is 22.1 Å². The van der Waals surface area contributed by atoms with Crippen LogP contribution in [-0.2, 0) is 14.4 Å². The number of nitrogens with zero attached hydrogens (tertiary/aromatic N) is 2. The van der Waals surface area contributed by atoms with Gasteiger partial charge >= 0.3 is 0 Å². The SMILES string of the molecule is CCCCN1C(=O)[C@@H]2[C@H](C1=O)[C@H](C(=O)C(C)(C)C)N1c3ccc(Br)cc3C=C[C@@H]21. The zero-order valence-corrected chi connectivity index (χ0v) is 18.9. The number of carbonyl (C=O) groups is 3. The summed E-state index contributed by atoms with van der Waals surface area (Å²) in [6.45, 7) is 8.14. The van der Waals surface area contributed by atoms with E-state index in [1.807, 2.05) is 62.9 Å². The van der Waals surface area contributed by atoms with E-state index in [4.69, 9.17) is 0 Å². The summed E-state index contributed by atoms with van der Waals surface area (Å²) in [6, 6.07) is 5.03. The van der Waals surface area contributed by atoms with E-state index in [1.165, 1.54) is 4.90 Å². The average Bonchev–Trinajstić information content (AvgIpc) is 3.12. The lowest BCUT2D eigenvalue weighted by atomic mass is 9.79. The Kier molecular flexibility index (Phi) is 4.96. The monoisotopic (exact) mass is 458 g/mol. The van der Waals surface area contributed by atoms with Crippen molar-refractivity contribution >= 4 is 45.3 Å². The number of unbranched alkanes of at least 4 members (excludes halogenated alkanes) is 1. The van der Waals surface area contributed by atoms with Crippen molar-refractivity contribution in [2.75, 3.05) is 11.4 Å². The molecule has 2 saturated heterocycles. The molecule has 1 aromatic rings. The summed E-state index contributed by atoms with van der Waals surface area (Å²) in [5.74, 6) is -1.41. The molecule has 4 rings (SSSR count). The van der Waals surface area contributed by atoms with Crippen molar-refractivity contribution in [1.29, 1.82) is 0 Å². The summed E-state index contributed by atoms with van der Waals surface area (Å²) in [4.78, 5) is 43.6. The second kappa shape index (κ2) is 7.08. The highest BCUT2D eigenvalue weighted by atomic mass is 79.9. The molecule has 0 unspecified atom stereocenters. The molecule has 0 aliphatic carbocycles. The van der Waals surface area contributed by atoms with Crippen LogP contribution in [0.2, 0.25) is 0 Å². The fraction of sp³-hybridized carbons (Fsp3) is 0.522. The molecule has 0 bridgehead atoms. The van der Waals surface area contributed by atoms with Gasteiger partial charge in [0.15, 0.2) is 5.78 Å². The first-order valence-electron chi connectivity index (χ1n) is 10.3. The standard InChI is InChI=1S/C23H27BrN2O3/c1-5-6-11-25-21(28)17-16-9-7-13-12-14(24)8-10-15(13)26(16)19(18(17)22(25)29)20(27)23(2,3)4/h7-10,12,16-19H,5-6,11H2,1-4H3/t16-,17-,18-,19+/m0/s1. The molecule has 0 N–H and O–H groups in total. The molecule has 3 aliphatic heterocycles. The molecule has 0 spiro atoms. The number of benzene rings is 1. The van der Waals surface area contributed by atoms with Crippen LogP contribution in [0.3, 0.4) is 0 Å². The number of hydrogen-bond donors (Lipinski definition) is 0. The summed E-state index contributed by atoms with van der Waals surface area (Å²) < 4.78 is 0.954. The molecule has 5 nitrogen and oxygen atoms in total. The molecular formula is C23H27BrN2O3. The van der Waals surface area contributed by atoms with Crippen LogP contribution in [-0.4, -0.2) is 41.1 Å². The van der Waals surface area contributed by atoms with E-state index in [0.29, 0.717) is 6.54 Å². The third-order valence-corrected chi connectivity index (χ3v) is 6.80. The number of hydrogen-bond acceptors (Lipinski definition) is 4. The molecule has 0 saturated carbocycles. The van der Waals surface area contributed by atoms with Gasteiger partial charge in [0.1, 0.15) is 6.04 Å².